The number of halogens is 6. The minimum atomic E-state index is -4.83. The first kappa shape index (κ1) is 15.1. The predicted molar refractivity (Wildman–Crippen MR) is 61.3 cm³/mol. The zero-order valence-corrected chi connectivity index (χ0v) is 10.1. The Morgan fingerprint density at radius 1 is 0.905 bits per heavy atom. The molecule has 0 aliphatic rings. The van der Waals surface area contributed by atoms with Gasteiger partial charge in [0.1, 0.15) is 11.3 Å². The Labute approximate surface area is 114 Å². The van der Waals surface area contributed by atoms with Crippen molar-refractivity contribution < 1.29 is 31.4 Å². The van der Waals surface area contributed by atoms with Crippen LogP contribution in [0.4, 0.5) is 26.3 Å². The first-order chi connectivity index (χ1) is 9.60. The van der Waals surface area contributed by atoms with Gasteiger partial charge in [0.25, 0.3) is 0 Å². The molecule has 2 aromatic rings. The van der Waals surface area contributed by atoms with Crippen LogP contribution in [0.1, 0.15) is 11.1 Å². The fourth-order valence-corrected chi connectivity index (χ4v) is 1.74. The average molecular weight is 307 g/mol. The summed E-state index contributed by atoms with van der Waals surface area (Å²) in [5, 5.41) is 9.61. The van der Waals surface area contributed by atoms with Crippen molar-refractivity contribution >= 4 is 0 Å². The molecule has 1 aromatic heterocycles. The van der Waals surface area contributed by atoms with E-state index in [1.54, 1.807) is 0 Å². The van der Waals surface area contributed by atoms with Gasteiger partial charge in [-0.3, -0.25) is 4.98 Å². The Bertz CT molecular complexity index is 662. The molecule has 0 amide bonds. The quantitative estimate of drug-likeness (QED) is 0.787. The molecule has 0 radical (unpaired) electrons. The summed E-state index contributed by atoms with van der Waals surface area (Å²) in [7, 11) is 0. The molecule has 1 aromatic carbocycles. The van der Waals surface area contributed by atoms with Crippen LogP contribution in [0.15, 0.2) is 36.5 Å². The lowest BCUT2D eigenvalue weighted by Crippen LogP contribution is -2.07. The van der Waals surface area contributed by atoms with Gasteiger partial charge in [0.15, 0.2) is 5.75 Å². The molecule has 1 heterocycles. The summed E-state index contributed by atoms with van der Waals surface area (Å²) in [6.45, 7) is 0. The van der Waals surface area contributed by atoms with E-state index in [1.165, 1.54) is 0 Å². The van der Waals surface area contributed by atoms with E-state index < -0.39 is 34.9 Å². The van der Waals surface area contributed by atoms with Gasteiger partial charge in [-0.15, -0.1) is 0 Å². The Morgan fingerprint density at radius 3 is 2.14 bits per heavy atom. The van der Waals surface area contributed by atoms with E-state index in [9.17, 15) is 31.4 Å². The predicted octanol–water partition coefficient (Wildman–Crippen LogP) is 4.49. The zero-order chi connectivity index (χ0) is 15.8. The number of pyridine rings is 1. The van der Waals surface area contributed by atoms with Crippen molar-refractivity contribution in [2.24, 2.45) is 0 Å². The van der Waals surface area contributed by atoms with Crippen LogP contribution in [-0.4, -0.2) is 10.1 Å². The summed E-state index contributed by atoms with van der Waals surface area (Å²) in [5.41, 5.74) is -3.21. The van der Waals surface area contributed by atoms with Crippen molar-refractivity contribution in [1.29, 1.82) is 0 Å². The number of benzene rings is 1. The van der Waals surface area contributed by atoms with E-state index in [4.69, 9.17) is 0 Å². The smallest absolute Gasteiger partial charge is 0.420 e. The number of hydrogen-bond acceptors (Lipinski definition) is 2. The molecule has 2 rings (SSSR count). The van der Waals surface area contributed by atoms with Crippen LogP contribution in [0.3, 0.4) is 0 Å². The van der Waals surface area contributed by atoms with Crippen LogP contribution < -0.4 is 0 Å². The molecule has 0 saturated heterocycles. The van der Waals surface area contributed by atoms with Gasteiger partial charge in [0, 0.05) is 11.8 Å². The van der Waals surface area contributed by atoms with Crippen molar-refractivity contribution in [2.45, 2.75) is 12.4 Å². The van der Waals surface area contributed by atoms with Crippen LogP contribution in [-0.2, 0) is 12.4 Å². The topological polar surface area (TPSA) is 33.1 Å². The Morgan fingerprint density at radius 2 is 1.57 bits per heavy atom. The molecule has 0 unspecified atom stereocenters. The maximum Gasteiger partial charge on any atom is 0.420 e. The molecule has 0 aliphatic heterocycles. The highest BCUT2D eigenvalue weighted by molar-refractivity contribution is 5.68. The Hall–Kier alpha value is -2.25. The van der Waals surface area contributed by atoms with Gasteiger partial charge in [-0.2, -0.15) is 26.3 Å². The Balaban J connectivity index is 2.58. The molecule has 8 heteroatoms. The van der Waals surface area contributed by atoms with E-state index in [1.807, 2.05) is 0 Å². The fraction of sp³-hybridized carbons (Fsp3) is 0.154. The molecule has 0 saturated carbocycles. The molecule has 0 fully saturated rings. The molecule has 1 N–H and O–H groups in total. The third-order valence-corrected chi connectivity index (χ3v) is 2.69. The number of nitrogens with zero attached hydrogens (tertiary/aromatic N) is 1. The van der Waals surface area contributed by atoms with Gasteiger partial charge in [-0.05, 0) is 18.2 Å². The largest absolute Gasteiger partial charge is 0.505 e. The van der Waals surface area contributed by atoms with E-state index in [2.05, 4.69) is 4.98 Å². The van der Waals surface area contributed by atoms with Gasteiger partial charge in [0.05, 0.1) is 5.56 Å². The lowest BCUT2D eigenvalue weighted by atomic mass is 10.0. The number of rotatable bonds is 1. The summed E-state index contributed by atoms with van der Waals surface area (Å²) in [4.78, 5) is 3.53. The summed E-state index contributed by atoms with van der Waals surface area (Å²) >= 11 is 0. The molecule has 0 spiro atoms. The van der Waals surface area contributed by atoms with Crippen LogP contribution in [0.5, 0.6) is 5.75 Å². The maximum atomic E-state index is 12.6. The summed E-state index contributed by atoms with van der Waals surface area (Å²) in [5.74, 6) is -1.20. The minimum Gasteiger partial charge on any atom is -0.505 e. The maximum absolute atomic E-state index is 12.6. The molecule has 0 atom stereocenters. The highest BCUT2D eigenvalue weighted by Gasteiger charge is 2.36. The number of alkyl halides is 6. The standard InChI is InChI=1S/C13H7F6NO/c14-12(15,16)8-3-1-2-7(6-8)10-11(21)9(4-5-20-10)13(17,18)19/h1-6,21H. The van der Waals surface area contributed by atoms with E-state index >= 15 is 0 Å². The van der Waals surface area contributed by atoms with Crippen LogP contribution in [0.25, 0.3) is 11.3 Å². The minimum absolute atomic E-state index is 0.256. The van der Waals surface area contributed by atoms with Gasteiger partial charge >= 0.3 is 12.4 Å². The third-order valence-electron chi connectivity index (χ3n) is 2.69. The molecule has 2 nitrogen and oxygen atoms in total. The fourth-order valence-electron chi connectivity index (χ4n) is 1.74. The molecule has 0 bridgehead atoms. The third kappa shape index (κ3) is 3.09. The number of aromatic nitrogens is 1. The van der Waals surface area contributed by atoms with Gasteiger partial charge < -0.3 is 5.11 Å². The SMILES string of the molecule is Oc1c(C(F)(F)F)ccnc1-c1cccc(C(F)(F)F)c1. The molecular formula is C13H7F6NO. The second kappa shape index (κ2) is 4.94. The number of hydrogen-bond donors (Lipinski definition) is 1. The van der Waals surface area contributed by atoms with E-state index in [-0.39, 0.29) is 5.56 Å². The van der Waals surface area contributed by atoms with Crippen LogP contribution >= 0.6 is 0 Å². The second-order valence-electron chi connectivity index (χ2n) is 4.13. The Kier molecular flexibility index (Phi) is 3.56. The highest BCUT2D eigenvalue weighted by atomic mass is 19.4. The number of aromatic hydroxyl groups is 1. The van der Waals surface area contributed by atoms with Crippen molar-refractivity contribution in [3.63, 3.8) is 0 Å². The molecule has 112 valence electrons. The van der Waals surface area contributed by atoms with Gasteiger partial charge in [0.2, 0.25) is 0 Å². The lowest BCUT2D eigenvalue weighted by Gasteiger charge is -2.13. The van der Waals surface area contributed by atoms with Crippen molar-refractivity contribution in [3.8, 4) is 17.0 Å². The van der Waals surface area contributed by atoms with Gasteiger partial charge in [-0.1, -0.05) is 12.1 Å². The first-order valence-electron chi connectivity index (χ1n) is 5.53. The van der Waals surface area contributed by atoms with Crippen LogP contribution in [0.2, 0.25) is 0 Å². The lowest BCUT2D eigenvalue weighted by molar-refractivity contribution is -0.139. The monoisotopic (exact) mass is 307 g/mol. The summed E-state index contributed by atoms with van der Waals surface area (Å²) in [6.07, 6.45) is -8.70. The van der Waals surface area contributed by atoms with E-state index in [0.717, 1.165) is 24.4 Å². The summed E-state index contributed by atoms with van der Waals surface area (Å²) in [6, 6.07) is 4.11. The van der Waals surface area contributed by atoms with Crippen molar-refractivity contribution in [3.05, 3.63) is 47.7 Å². The summed E-state index contributed by atoms with van der Waals surface area (Å²) < 4.78 is 75.7. The molecular weight excluding hydrogens is 300 g/mol. The normalized spacial score (nSPS) is 12.5. The highest BCUT2D eigenvalue weighted by Crippen LogP contribution is 2.40. The van der Waals surface area contributed by atoms with Gasteiger partial charge in [-0.25, -0.2) is 0 Å². The zero-order valence-electron chi connectivity index (χ0n) is 10.1. The second-order valence-corrected chi connectivity index (χ2v) is 4.13. The average Bonchev–Trinajstić information content (AvgIpc) is 2.37. The van der Waals surface area contributed by atoms with Crippen molar-refractivity contribution in [1.82, 2.24) is 4.98 Å². The molecule has 21 heavy (non-hydrogen) atoms. The first-order valence-corrected chi connectivity index (χ1v) is 5.53. The van der Waals surface area contributed by atoms with E-state index in [0.29, 0.717) is 12.1 Å². The van der Waals surface area contributed by atoms with Crippen LogP contribution in [0, 0.1) is 0 Å². The van der Waals surface area contributed by atoms with Crippen molar-refractivity contribution in [2.75, 3.05) is 0 Å². The molecule has 0 aliphatic carbocycles.